The van der Waals surface area contributed by atoms with E-state index < -0.39 is 0 Å². The molecule has 1 aromatic rings. The van der Waals surface area contributed by atoms with Crippen LogP contribution in [-0.4, -0.2) is 6.72 Å². The Morgan fingerprint density at radius 2 is 1.81 bits per heavy atom. The molecule has 0 amide bonds. The van der Waals surface area contributed by atoms with Gasteiger partial charge in [0.05, 0.1) is 0 Å². The summed E-state index contributed by atoms with van der Waals surface area (Å²) in [5.41, 5.74) is 0.878. The molecule has 0 heterocycles. The Bertz CT molecular complexity index is 352. The molecular weight excluding hydrogens is 198 g/mol. The van der Waals surface area contributed by atoms with Crippen LogP contribution in [-0.2, 0) is 0 Å². The first-order chi connectivity index (χ1) is 7.72. The summed E-state index contributed by atoms with van der Waals surface area (Å²) in [5.74, 6) is 1.20. The molecule has 0 radical (unpaired) electrons. The average molecular weight is 217 g/mol. The van der Waals surface area contributed by atoms with Crippen LogP contribution in [0.3, 0.4) is 0 Å². The van der Waals surface area contributed by atoms with Gasteiger partial charge in [-0.05, 0) is 25.8 Å². The third kappa shape index (κ3) is 5.81. The highest BCUT2D eigenvalue weighted by Gasteiger charge is 1.96. The van der Waals surface area contributed by atoms with Crippen LogP contribution < -0.4 is 4.74 Å². The molecule has 0 aromatic heterocycles. The minimum absolute atomic E-state index is 0.462. The Morgan fingerprint density at radius 1 is 1.25 bits per heavy atom. The Morgan fingerprint density at radius 3 is 2.25 bits per heavy atom. The van der Waals surface area contributed by atoms with E-state index >= 15 is 0 Å². The van der Waals surface area contributed by atoms with Gasteiger partial charge in [0.15, 0.2) is 0 Å². The van der Waals surface area contributed by atoms with Crippen LogP contribution in [0.15, 0.2) is 59.4 Å². The molecule has 86 valence electrons. The highest BCUT2D eigenvalue weighted by atomic mass is 16.5. The van der Waals surface area contributed by atoms with E-state index in [4.69, 9.17) is 4.74 Å². The number of nitrogens with zero attached hydrogens (tertiary/aromatic N) is 1. The first-order valence-electron chi connectivity index (χ1n) is 5.29. The van der Waals surface area contributed by atoms with Crippen LogP contribution >= 0.6 is 0 Å². The van der Waals surface area contributed by atoms with Crippen molar-refractivity contribution in [2.24, 2.45) is 4.99 Å². The Kier molecular flexibility index (Phi) is 7.51. The fraction of sp³-hybridized carbons (Fsp3) is 0.214. The molecule has 0 aliphatic heterocycles. The lowest BCUT2D eigenvalue weighted by Crippen LogP contribution is -1.91. The number of aliphatic imine (C=N–C) groups is 1. The lowest BCUT2D eigenvalue weighted by Gasteiger charge is -2.04. The largest absolute Gasteiger partial charge is 0.439 e. The molecule has 2 nitrogen and oxygen atoms in total. The SMILES string of the molecule is C=N/C(=C\C(=C)C)Oc1ccccc1.CC. The van der Waals surface area contributed by atoms with E-state index in [0.29, 0.717) is 5.88 Å². The van der Waals surface area contributed by atoms with Crippen molar-refractivity contribution in [2.75, 3.05) is 0 Å². The van der Waals surface area contributed by atoms with Crippen molar-refractivity contribution in [3.63, 3.8) is 0 Å². The molecule has 0 fully saturated rings. The number of hydrogen-bond acceptors (Lipinski definition) is 2. The molecule has 2 heteroatoms. The van der Waals surface area contributed by atoms with Crippen LogP contribution in [0.25, 0.3) is 0 Å². The first-order valence-corrected chi connectivity index (χ1v) is 5.29. The summed E-state index contributed by atoms with van der Waals surface area (Å²) in [7, 11) is 0. The predicted molar refractivity (Wildman–Crippen MR) is 70.9 cm³/mol. The molecule has 1 rings (SSSR count). The summed E-state index contributed by atoms with van der Waals surface area (Å²) in [6, 6.07) is 9.44. The van der Waals surface area contributed by atoms with Crippen molar-refractivity contribution in [1.29, 1.82) is 0 Å². The van der Waals surface area contributed by atoms with Gasteiger partial charge in [-0.25, -0.2) is 4.99 Å². The van der Waals surface area contributed by atoms with Gasteiger partial charge in [-0.3, -0.25) is 0 Å². The summed E-state index contributed by atoms with van der Waals surface area (Å²) < 4.78 is 5.45. The molecule has 0 bridgehead atoms. The number of benzene rings is 1. The molecule has 0 unspecified atom stereocenters. The second kappa shape index (κ2) is 8.48. The highest BCUT2D eigenvalue weighted by molar-refractivity contribution is 5.32. The van der Waals surface area contributed by atoms with Gasteiger partial charge in [0.2, 0.25) is 5.88 Å². The Balaban J connectivity index is 0.00000106. The Hall–Kier alpha value is -1.83. The smallest absolute Gasteiger partial charge is 0.218 e. The van der Waals surface area contributed by atoms with Gasteiger partial charge in [0, 0.05) is 6.08 Å². The lowest BCUT2D eigenvalue weighted by atomic mass is 10.3. The van der Waals surface area contributed by atoms with Gasteiger partial charge in [-0.15, -0.1) is 0 Å². The highest BCUT2D eigenvalue weighted by Crippen LogP contribution is 2.13. The van der Waals surface area contributed by atoms with E-state index in [9.17, 15) is 0 Å². The molecule has 0 spiro atoms. The first kappa shape index (κ1) is 14.2. The minimum atomic E-state index is 0.462. The van der Waals surface area contributed by atoms with Crippen molar-refractivity contribution >= 4 is 6.72 Å². The fourth-order valence-electron chi connectivity index (χ4n) is 0.927. The van der Waals surface area contributed by atoms with E-state index in [1.165, 1.54) is 0 Å². The van der Waals surface area contributed by atoms with Gasteiger partial charge >= 0.3 is 0 Å². The van der Waals surface area contributed by atoms with Crippen molar-refractivity contribution in [2.45, 2.75) is 20.8 Å². The molecule has 0 atom stereocenters. The van der Waals surface area contributed by atoms with Crippen molar-refractivity contribution < 1.29 is 4.74 Å². The number of rotatable bonds is 4. The summed E-state index contributed by atoms with van der Waals surface area (Å²) in [6.45, 7) is 13.0. The molecule has 0 aliphatic rings. The van der Waals surface area contributed by atoms with E-state index in [2.05, 4.69) is 18.3 Å². The quantitative estimate of drug-likeness (QED) is 0.420. The van der Waals surface area contributed by atoms with Crippen molar-refractivity contribution in [1.82, 2.24) is 0 Å². The van der Waals surface area contributed by atoms with E-state index in [1.807, 2.05) is 51.1 Å². The van der Waals surface area contributed by atoms with Crippen LogP contribution in [0, 0.1) is 0 Å². The van der Waals surface area contributed by atoms with E-state index in [1.54, 1.807) is 6.08 Å². The molecular formula is C14H19NO. The molecule has 0 aliphatic carbocycles. The monoisotopic (exact) mass is 217 g/mol. The minimum Gasteiger partial charge on any atom is -0.439 e. The normalized spacial score (nSPS) is 9.81. The zero-order chi connectivity index (χ0) is 12.4. The predicted octanol–water partition coefficient (Wildman–Crippen LogP) is 4.21. The van der Waals surface area contributed by atoms with Gasteiger partial charge in [0.25, 0.3) is 0 Å². The van der Waals surface area contributed by atoms with Crippen molar-refractivity contribution in [3.05, 3.63) is 54.4 Å². The number of para-hydroxylation sites is 1. The van der Waals surface area contributed by atoms with Crippen molar-refractivity contribution in [3.8, 4) is 5.75 Å². The maximum absolute atomic E-state index is 5.45. The molecule has 16 heavy (non-hydrogen) atoms. The molecule has 0 saturated heterocycles. The summed E-state index contributed by atoms with van der Waals surface area (Å²) in [4.78, 5) is 3.75. The second-order valence-corrected chi connectivity index (χ2v) is 2.90. The van der Waals surface area contributed by atoms with Gasteiger partial charge < -0.3 is 4.74 Å². The molecule has 1 aromatic carbocycles. The zero-order valence-corrected chi connectivity index (χ0v) is 10.2. The van der Waals surface area contributed by atoms with Crippen LogP contribution in [0.2, 0.25) is 0 Å². The topological polar surface area (TPSA) is 21.6 Å². The van der Waals surface area contributed by atoms with Crippen LogP contribution in [0.1, 0.15) is 20.8 Å². The Labute approximate surface area is 98.0 Å². The van der Waals surface area contributed by atoms with Gasteiger partial charge in [0.1, 0.15) is 5.75 Å². The lowest BCUT2D eigenvalue weighted by molar-refractivity contribution is 0.421. The number of ether oxygens (including phenoxy) is 1. The van der Waals surface area contributed by atoms with Gasteiger partial charge in [-0.2, -0.15) is 0 Å². The number of hydrogen-bond donors (Lipinski definition) is 0. The fourth-order valence-corrected chi connectivity index (χ4v) is 0.927. The third-order valence-electron chi connectivity index (χ3n) is 1.49. The standard InChI is InChI=1S/C12H13NO.C2H6/c1-10(2)9-12(13-3)14-11-7-5-4-6-8-11;1-2/h4-9H,1,3H2,2H3;1-2H3/b12-9+;. The summed E-state index contributed by atoms with van der Waals surface area (Å²) >= 11 is 0. The second-order valence-electron chi connectivity index (χ2n) is 2.90. The molecule has 0 saturated carbocycles. The van der Waals surface area contributed by atoms with Crippen LogP contribution in [0.5, 0.6) is 5.75 Å². The number of allylic oxidation sites excluding steroid dienone is 2. The third-order valence-corrected chi connectivity index (χ3v) is 1.49. The van der Waals surface area contributed by atoms with Gasteiger partial charge in [-0.1, -0.05) is 44.2 Å². The van der Waals surface area contributed by atoms with E-state index in [-0.39, 0.29) is 0 Å². The summed E-state index contributed by atoms with van der Waals surface area (Å²) in [5, 5.41) is 0. The van der Waals surface area contributed by atoms with E-state index in [0.717, 1.165) is 11.3 Å². The zero-order valence-electron chi connectivity index (χ0n) is 10.2. The maximum atomic E-state index is 5.45. The van der Waals surface area contributed by atoms with Crippen LogP contribution in [0.4, 0.5) is 0 Å². The maximum Gasteiger partial charge on any atom is 0.218 e. The summed E-state index contributed by atoms with van der Waals surface area (Å²) in [6.07, 6.45) is 1.74. The average Bonchev–Trinajstić information content (AvgIpc) is 2.31. The molecule has 0 N–H and O–H groups in total.